The molecule has 0 aliphatic carbocycles. The summed E-state index contributed by atoms with van der Waals surface area (Å²) in [6.07, 6.45) is 0. The summed E-state index contributed by atoms with van der Waals surface area (Å²) in [6, 6.07) is 16.2. The van der Waals surface area contributed by atoms with Gasteiger partial charge < -0.3 is 14.8 Å². The Morgan fingerprint density at radius 2 is 2.00 bits per heavy atom. The summed E-state index contributed by atoms with van der Waals surface area (Å²) in [6.45, 7) is 1.27. The molecule has 0 saturated heterocycles. The fraction of sp³-hybridized carbons (Fsp3) is 0.182. The van der Waals surface area contributed by atoms with Gasteiger partial charge in [0, 0.05) is 16.3 Å². The third-order valence-electron chi connectivity index (χ3n) is 4.22. The summed E-state index contributed by atoms with van der Waals surface area (Å²) in [4.78, 5) is 29.9. The molecule has 0 fully saturated rings. The number of ether oxygens (including phenoxy) is 2. The average molecular weight is 421 g/mol. The Balaban J connectivity index is 1.66. The van der Waals surface area contributed by atoms with Crippen molar-refractivity contribution < 1.29 is 19.1 Å². The molecule has 0 spiro atoms. The van der Waals surface area contributed by atoms with E-state index in [-0.39, 0.29) is 5.75 Å². The number of carbonyl (C=O) groups is 2. The zero-order valence-corrected chi connectivity index (χ0v) is 17.3. The van der Waals surface area contributed by atoms with E-state index in [1.54, 1.807) is 50.4 Å². The third-order valence-corrected chi connectivity index (χ3v) is 5.16. The minimum Gasteiger partial charge on any atom is -0.497 e. The maximum Gasteiger partial charge on any atom is 0.340 e. The highest BCUT2D eigenvalue weighted by Crippen LogP contribution is 2.26. The van der Waals surface area contributed by atoms with E-state index in [9.17, 15) is 9.59 Å². The van der Waals surface area contributed by atoms with Crippen molar-refractivity contribution in [1.82, 2.24) is 4.98 Å². The van der Waals surface area contributed by atoms with Crippen LogP contribution in [0.5, 0.6) is 5.75 Å². The lowest BCUT2D eigenvalue weighted by atomic mass is 10.1. The second-order valence-corrected chi connectivity index (χ2v) is 7.26. The number of para-hydroxylation sites is 1. The molecule has 3 aromatic rings. The fourth-order valence-corrected chi connectivity index (χ4v) is 3.45. The van der Waals surface area contributed by atoms with Crippen LogP contribution in [0, 0.1) is 18.3 Å². The van der Waals surface area contributed by atoms with E-state index >= 15 is 0 Å². The fourth-order valence-electron chi connectivity index (χ4n) is 2.78. The van der Waals surface area contributed by atoms with Gasteiger partial charge in [0.25, 0.3) is 5.91 Å². The molecule has 0 bridgehead atoms. The van der Waals surface area contributed by atoms with Gasteiger partial charge in [-0.1, -0.05) is 12.1 Å². The van der Waals surface area contributed by atoms with Crippen LogP contribution in [0.1, 0.15) is 16.1 Å². The maximum atomic E-state index is 12.5. The Bertz CT molecular complexity index is 1140. The number of aromatic nitrogens is 1. The number of pyridine rings is 1. The molecule has 0 radical (unpaired) electrons. The van der Waals surface area contributed by atoms with Crippen LogP contribution < -0.4 is 10.1 Å². The van der Waals surface area contributed by atoms with Crippen LogP contribution in [0.25, 0.3) is 10.9 Å². The predicted octanol–water partition coefficient (Wildman–Crippen LogP) is 3.96. The zero-order valence-electron chi connectivity index (χ0n) is 16.5. The second-order valence-electron chi connectivity index (χ2n) is 6.25. The number of anilines is 1. The van der Waals surface area contributed by atoms with Gasteiger partial charge in [0.2, 0.25) is 0 Å². The first kappa shape index (κ1) is 21.1. The number of methoxy groups -OCH3 is 1. The van der Waals surface area contributed by atoms with Crippen molar-refractivity contribution in [2.45, 2.75) is 11.8 Å². The van der Waals surface area contributed by atoms with E-state index < -0.39 is 18.5 Å². The van der Waals surface area contributed by atoms with Crippen LogP contribution in [0.3, 0.4) is 0 Å². The molecule has 7 nitrogen and oxygen atoms in total. The van der Waals surface area contributed by atoms with Crippen LogP contribution in [-0.4, -0.2) is 36.3 Å². The number of nitrogens with zero attached hydrogens (tertiary/aromatic N) is 2. The van der Waals surface area contributed by atoms with Gasteiger partial charge in [-0.2, -0.15) is 5.26 Å². The number of hydrogen-bond donors (Lipinski definition) is 1. The summed E-state index contributed by atoms with van der Waals surface area (Å²) < 4.78 is 10.4. The maximum absolute atomic E-state index is 12.5. The van der Waals surface area contributed by atoms with E-state index in [0.717, 1.165) is 10.3 Å². The molecule has 1 aromatic heterocycles. The second kappa shape index (κ2) is 9.76. The van der Waals surface area contributed by atoms with E-state index in [2.05, 4.69) is 10.3 Å². The molecular weight excluding hydrogens is 402 g/mol. The van der Waals surface area contributed by atoms with Gasteiger partial charge in [-0.05, 0) is 37.3 Å². The SMILES string of the molecule is COc1ccc2cc(C(=O)OCC(=O)Nc3ccccc3SCC#N)c(C)nc2c1. The van der Waals surface area contributed by atoms with Crippen molar-refractivity contribution in [2.24, 2.45) is 0 Å². The largest absolute Gasteiger partial charge is 0.497 e. The van der Waals surface area contributed by atoms with Crippen molar-refractivity contribution >= 4 is 40.2 Å². The number of esters is 1. The van der Waals surface area contributed by atoms with Crippen molar-refractivity contribution in [1.29, 1.82) is 5.26 Å². The van der Waals surface area contributed by atoms with Crippen molar-refractivity contribution in [3.05, 3.63) is 59.8 Å². The molecule has 0 atom stereocenters. The number of nitriles is 1. The van der Waals surface area contributed by atoms with E-state index in [1.807, 2.05) is 18.2 Å². The minimum atomic E-state index is -0.625. The lowest BCUT2D eigenvalue weighted by molar-refractivity contribution is -0.119. The average Bonchev–Trinajstić information content (AvgIpc) is 2.76. The number of fused-ring (bicyclic) bond motifs is 1. The zero-order chi connectivity index (χ0) is 21.5. The lowest BCUT2D eigenvalue weighted by Crippen LogP contribution is -2.21. The van der Waals surface area contributed by atoms with Crippen LogP contribution in [0.15, 0.2) is 53.4 Å². The highest BCUT2D eigenvalue weighted by atomic mass is 32.2. The van der Waals surface area contributed by atoms with E-state index in [0.29, 0.717) is 28.2 Å². The van der Waals surface area contributed by atoms with Gasteiger partial charge >= 0.3 is 5.97 Å². The van der Waals surface area contributed by atoms with Crippen molar-refractivity contribution in [3.8, 4) is 11.8 Å². The lowest BCUT2D eigenvalue weighted by Gasteiger charge is -2.11. The molecule has 0 saturated carbocycles. The summed E-state index contributed by atoms with van der Waals surface area (Å²) in [5.74, 6) is -0.152. The predicted molar refractivity (Wildman–Crippen MR) is 115 cm³/mol. The molecule has 0 aliphatic rings. The Hall–Kier alpha value is -3.57. The standard InChI is InChI=1S/C22H19N3O4S/c1-14-17(11-15-7-8-16(28-2)12-19(15)24-14)22(27)29-13-21(26)25-18-5-3-4-6-20(18)30-10-9-23/h3-8,11-12H,10,13H2,1-2H3,(H,25,26). The van der Waals surface area contributed by atoms with Crippen LogP contribution >= 0.6 is 11.8 Å². The minimum absolute atomic E-state index is 0.266. The van der Waals surface area contributed by atoms with Crippen LogP contribution in [0.4, 0.5) is 5.69 Å². The molecule has 30 heavy (non-hydrogen) atoms. The molecule has 0 aliphatic heterocycles. The first-order valence-corrected chi connectivity index (χ1v) is 10.0. The highest BCUT2D eigenvalue weighted by Gasteiger charge is 2.16. The van der Waals surface area contributed by atoms with Gasteiger partial charge in [0.05, 0.1) is 41.4 Å². The molecule has 1 amide bonds. The molecule has 2 aromatic carbocycles. The molecule has 8 heteroatoms. The molecule has 152 valence electrons. The number of aryl methyl sites for hydroxylation is 1. The first-order chi connectivity index (χ1) is 14.5. The molecule has 1 heterocycles. The summed E-state index contributed by atoms with van der Waals surface area (Å²) >= 11 is 1.32. The van der Waals surface area contributed by atoms with Gasteiger partial charge in [0.1, 0.15) is 5.75 Å². The van der Waals surface area contributed by atoms with Crippen molar-refractivity contribution in [2.75, 3.05) is 24.8 Å². The van der Waals surface area contributed by atoms with Gasteiger partial charge in [-0.25, -0.2) is 4.79 Å². The monoisotopic (exact) mass is 421 g/mol. The number of carbonyl (C=O) groups excluding carboxylic acids is 2. The summed E-state index contributed by atoms with van der Waals surface area (Å²) in [7, 11) is 1.57. The Kier molecular flexibility index (Phi) is 6.88. The Morgan fingerprint density at radius 1 is 1.20 bits per heavy atom. The van der Waals surface area contributed by atoms with Gasteiger partial charge in [0.15, 0.2) is 6.61 Å². The topological polar surface area (TPSA) is 101 Å². The number of nitrogens with one attached hydrogen (secondary N) is 1. The van der Waals surface area contributed by atoms with Gasteiger partial charge in [-0.15, -0.1) is 11.8 Å². The number of hydrogen-bond acceptors (Lipinski definition) is 7. The van der Waals surface area contributed by atoms with Crippen LogP contribution in [-0.2, 0) is 9.53 Å². The normalized spacial score (nSPS) is 10.3. The number of amides is 1. The summed E-state index contributed by atoms with van der Waals surface area (Å²) in [5, 5.41) is 12.2. The van der Waals surface area contributed by atoms with E-state index in [1.165, 1.54) is 11.8 Å². The molecule has 0 unspecified atom stereocenters. The Morgan fingerprint density at radius 3 is 2.77 bits per heavy atom. The van der Waals surface area contributed by atoms with E-state index in [4.69, 9.17) is 14.7 Å². The molecular formula is C22H19N3O4S. The highest BCUT2D eigenvalue weighted by molar-refractivity contribution is 7.99. The quantitative estimate of drug-likeness (QED) is 0.455. The van der Waals surface area contributed by atoms with Crippen molar-refractivity contribution in [3.63, 3.8) is 0 Å². The number of rotatable bonds is 7. The van der Waals surface area contributed by atoms with Crippen LogP contribution in [0.2, 0.25) is 0 Å². The number of benzene rings is 2. The molecule has 1 N–H and O–H groups in total. The third kappa shape index (κ3) is 5.07. The smallest absolute Gasteiger partial charge is 0.340 e. The summed E-state index contributed by atoms with van der Waals surface area (Å²) in [5.41, 5.74) is 2.06. The first-order valence-electron chi connectivity index (χ1n) is 9.03. The van der Waals surface area contributed by atoms with Gasteiger partial charge in [-0.3, -0.25) is 9.78 Å². The molecule has 3 rings (SSSR count). The number of thioether (sulfide) groups is 1. The Labute approximate surface area is 178 Å².